The minimum Gasteiger partial charge on any atom is -0.399 e. The van der Waals surface area contributed by atoms with Crippen LogP contribution in [0.3, 0.4) is 0 Å². The van der Waals surface area contributed by atoms with Gasteiger partial charge in [0.25, 0.3) is 0 Å². The number of ether oxygens (including phenoxy) is 1. The smallest absolute Gasteiger partial charge is 0.224 e. The van der Waals surface area contributed by atoms with Crippen molar-refractivity contribution in [3.05, 3.63) is 23.8 Å². The van der Waals surface area contributed by atoms with E-state index in [-0.39, 0.29) is 12.0 Å². The summed E-state index contributed by atoms with van der Waals surface area (Å²) in [7, 11) is 0. The first kappa shape index (κ1) is 15.5. The number of aryl methyl sites for hydroxylation is 1. The Balaban J connectivity index is 2.33. The molecule has 0 aliphatic heterocycles. The standard InChI is InChI=1S/C15H24N2O2/c1-4-12(3)19-9-5-6-15(18)17-14-10-13(16)8-7-11(14)2/h7-8,10,12H,4-6,9,16H2,1-3H3,(H,17,18). The summed E-state index contributed by atoms with van der Waals surface area (Å²) >= 11 is 0. The molecule has 19 heavy (non-hydrogen) atoms. The van der Waals surface area contributed by atoms with Crippen molar-refractivity contribution in [2.24, 2.45) is 0 Å². The van der Waals surface area contributed by atoms with E-state index in [1.807, 2.05) is 26.0 Å². The first-order chi connectivity index (χ1) is 9.02. The van der Waals surface area contributed by atoms with Gasteiger partial charge in [-0.15, -0.1) is 0 Å². The van der Waals surface area contributed by atoms with E-state index < -0.39 is 0 Å². The first-order valence-corrected chi connectivity index (χ1v) is 6.80. The molecule has 1 amide bonds. The van der Waals surface area contributed by atoms with Gasteiger partial charge in [0, 0.05) is 24.4 Å². The molecule has 1 aromatic carbocycles. The van der Waals surface area contributed by atoms with Gasteiger partial charge in [0.1, 0.15) is 0 Å². The molecule has 1 aromatic rings. The van der Waals surface area contributed by atoms with Crippen LogP contribution in [0.15, 0.2) is 18.2 Å². The molecule has 0 aliphatic carbocycles. The Morgan fingerprint density at radius 2 is 2.21 bits per heavy atom. The zero-order valence-electron chi connectivity index (χ0n) is 12.0. The number of rotatable bonds is 7. The van der Waals surface area contributed by atoms with Crippen LogP contribution in [0.5, 0.6) is 0 Å². The van der Waals surface area contributed by atoms with E-state index in [1.54, 1.807) is 6.07 Å². The Hall–Kier alpha value is -1.55. The predicted molar refractivity (Wildman–Crippen MR) is 79.2 cm³/mol. The molecule has 1 atom stereocenters. The van der Waals surface area contributed by atoms with Crippen LogP contribution >= 0.6 is 0 Å². The van der Waals surface area contributed by atoms with Gasteiger partial charge < -0.3 is 15.8 Å². The highest BCUT2D eigenvalue weighted by Gasteiger charge is 2.06. The summed E-state index contributed by atoms with van der Waals surface area (Å²) in [6.45, 7) is 6.69. The normalized spacial score (nSPS) is 12.2. The average Bonchev–Trinajstić information content (AvgIpc) is 2.38. The first-order valence-electron chi connectivity index (χ1n) is 6.80. The minimum absolute atomic E-state index is 0.00134. The third-order valence-corrected chi connectivity index (χ3v) is 3.06. The summed E-state index contributed by atoms with van der Waals surface area (Å²) in [5.74, 6) is 0.00134. The lowest BCUT2D eigenvalue weighted by molar-refractivity contribution is -0.116. The van der Waals surface area contributed by atoms with Gasteiger partial charge in [-0.1, -0.05) is 13.0 Å². The fourth-order valence-electron chi connectivity index (χ4n) is 1.62. The Bertz CT molecular complexity index is 419. The molecular weight excluding hydrogens is 240 g/mol. The summed E-state index contributed by atoms with van der Waals surface area (Å²) in [5, 5.41) is 2.88. The number of anilines is 2. The fraction of sp³-hybridized carbons (Fsp3) is 0.533. The van der Waals surface area contributed by atoms with Crippen molar-refractivity contribution in [2.75, 3.05) is 17.7 Å². The van der Waals surface area contributed by atoms with E-state index in [0.29, 0.717) is 18.7 Å². The lowest BCUT2D eigenvalue weighted by Gasteiger charge is -2.11. The highest BCUT2D eigenvalue weighted by atomic mass is 16.5. The van der Waals surface area contributed by atoms with E-state index >= 15 is 0 Å². The second-order valence-electron chi connectivity index (χ2n) is 4.82. The van der Waals surface area contributed by atoms with Crippen LogP contribution in [-0.4, -0.2) is 18.6 Å². The maximum absolute atomic E-state index is 11.8. The maximum atomic E-state index is 11.8. The Morgan fingerprint density at radius 3 is 2.89 bits per heavy atom. The number of nitrogen functional groups attached to an aromatic ring is 1. The highest BCUT2D eigenvalue weighted by molar-refractivity contribution is 5.91. The molecule has 106 valence electrons. The molecule has 0 aliphatic rings. The van der Waals surface area contributed by atoms with Crippen LogP contribution in [0, 0.1) is 6.92 Å². The minimum atomic E-state index is 0.00134. The van der Waals surface area contributed by atoms with Crippen molar-refractivity contribution in [1.82, 2.24) is 0 Å². The third-order valence-electron chi connectivity index (χ3n) is 3.06. The lowest BCUT2D eigenvalue weighted by atomic mass is 10.1. The van der Waals surface area contributed by atoms with Gasteiger partial charge in [0.2, 0.25) is 5.91 Å². The van der Waals surface area contributed by atoms with E-state index in [0.717, 1.165) is 24.1 Å². The molecule has 0 saturated heterocycles. The van der Waals surface area contributed by atoms with E-state index in [4.69, 9.17) is 10.5 Å². The van der Waals surface area contributed by atoms with E-state index in [1.165, 1.54) is 0 Å². The third kappa shape index (κ3) is 5.75. The van der Waals surface area contributed by atoms with Crippen LogP contribution < -0.4 is 11.1 Å². The summed E-state index contributed by atoms with van der Waals surface area (Å²) < 4.78 is 5.53. The quantitative estimate of drug-likeness (QED) is 0.587. The van der Waals surface area contributed by atoms with Gasteiger partial charge in [0.05, 0.1) is 6.10 Å². The highest BCUT2D eigenvalue weighted by Crippen LogP contribution is 2.18. The number of hydrogen-bond donors (Lipinski definition) is 2. The summed E-state index contributed by atoms with van der Waals surface area (Å²) in [6, 6.07) is 5.50. The summed E-state index contributed by atoms with van der Waals surface area (Å²) in [5.41, 5.74) is 8.15. The molecule has 4 heteroatoms. The summed E-state index contributed by atoms with van der Waals surface area (Å²) in [4.78, 5) is 11.8. The number of amides is 1. The number of nitrogens with two attached hydrogens (primary N) is 1. The topological polar surface area (TPSA) is 64.3 Å². The van der Waals surface area contributed by atoms with Gasteiger partial charge >= 0.3 is 0 Å². The number of nitrogens with one attached hydrogen (secondary N) is 1. The van der Waals surface area contributed by atoms with Crippen LogP contribution in [0.2, 0.25) is 0 Å². The molecular formula is C15H24N2O2. The zero-order chi connectivity index (χ0) is 14.3. The van der Waals surface area contributed by atoms with Gasteiger partial charge in [-0.05, 0) is 44.4 Å². The predicted octanol–water partition coefficient (Wildman–Crippen LogP) is 3.11. The molecule has 0 fully saturated rings. The van der Waals surface area contributed by atoms with Crippen molar-refractivity contribution in [2.45, 2.75) is 46.1 Å². The average molecular weight is 264 g/mol. The lowest BCUT2D eigenvalue weighted by Crippen LogP contribution is -2.14. The second kappa shape index (κ2) is 7.79. The van der Waals surface area contributed by atoms with Gasteiger partial charge in [-0.3, -0.25) is 4.79 Å². The van der Waals surface area contributed by atoms with E-state index in [9.17, 15) is 4.79 Å². The van der Waals surface area contributed by atoms with Crippen LogP contribution in [0.4, 0.5) is 11.4 Å². The molecule has 0 spiro atoms. The number of carbonyl (C=O) groups excluding carboxylic acids is 1. The van der Waals surface area contributed by atoms with Crippen LogP contribution in [0.25, 0.3) is 0 Å². The van der Waals surface area contributed by atoms with Crippen molar-refractivity contribution < 1.29 is 9.53 Å². The van der Waals surface area contributed by atoms with Crippen molar-refractivity contribution in [1.29, 1.82) is 0 Å². The molecule has 4 nitrogen and oxygen atoms in total. The zero-order valence-corrected chi connectivity index (χ0v) is 12.0. The van der Waals surface area contributed by atoms with Gasteiger partial charge in [0.15, 0.2) is 0 Å². The molecule has 1 rings (SSSR count). The van der Waals surface area contributed by atoms with Crippen LogP contribution in [-0.2, 0) is 9.53 Å². The Morgan fingerprint density at radius 1 is 1.47 bits per heavy atom. The SMILES string of the molecule is CCC(C)OCCCC(=O)Nc1cc(N)ccc1C. The number of benzene rings is 1. The van der Waals surface area contributed by atoms with Crippen LogP contribution in [0.1, 0.15) is 38.7 Å². The molecule has 0 bridgehead atoms. The second-order valence-corrected chi connectivity index (χ2v) is 4.82. The summed E-state index contributed by atoms with van der Waals surface area (Å²) in [6.07, 6.45) is 2.45. The fourth-order valence-corrected chi connectivity index (χ4v) is 1.62. The molecule has 0 heterocycles. The number of carbonyl (C=O) groups is 1. The molecule has 0 aromatic heterocycles. The molecule has 0 radical (unpaired) electrons. The Labute approximate surface area is 115 Å². The van der Waals surface area contributed by atoms with Crippen molar-refractivity contribution >= 4 is 17.3 Å². The monoisotopic (exact) mass is 264 g/mol. The van der Waals surface area contributed by atoms with E-state index in [2.05, 4.69) is 12.2 Å². The van der Waals surface area contributed by atoms with Gasteiger partial charge in [-0.2, -0.15) is 0 Å². The van der Waals surface area contributed by atoms with Crippen molar-refractivity contribution in [3.63, 3.8) is 0 Å². The Kier molecular flexibility index (Phi) is 6.36. The number of hydrogen-bond acceptors (Lipinski definition) is 3. The molecule has 3 N–H and O–H groups in total. The maximum Gasteiger partial charge on any atom is 0.224 e. The molecule has 1 unspecified atom stereocenters. The van der Waals surface area contributed by atoms with Gasteiger partial charge in [-0.25, -0.2) is 0 Å². The molecule has 0 saturated carbocycles. The largest absolute Gasteiger partial charge is 0.399 e. The van der Waals surface area contributed by atoms with Crippen molar-refractivity contribution in [3.8, 4) is 0 Å².